The number of anilines is 2. The highest BCUT2D eigenvalue weighted by molar-refractivity contribution is 7.89. The number of likely N-dealkylation sites (N-methyl/N-ethyl adjacent to an activating group) is 1. The maximum Gasteiger partial charge on any atom is 0.297 e. The molecule has 1 aliphatic rings. The third-order valence-corrected chi connectivity index (χ3v) is 9.73. The molecule has 1 aliphatic heterocycles. The number of hydrogen-bond donors (Lipinski definition) is 0. The van der Waals surface area contributed by atoms with Crippen molar-refractivity contribution in [2.45, 2.75) is 11.3 Å². The average molecular weight is 580 g/mol. The Hall–Kier alpha value is -4.47. The quantitative estimate of drug-likeness (QED) is 0.268. The summed E-state index contributed by atoms with van der Waals surface area (Å²) in [4.78, 5) is 18.3. The summed E-state index contributed by atoms with van der Waals surface area (Å²) >= 11 is 0. The number of piperazine rings is 1. The Labute approximate surface area is 246 Å². The highest BCUT2D eigenvalue weighted by atomic mass is 32.2. The monoisotopic (exact) mass is 579 g/mol. The molecule has 4 aromatic carbocycles. The molecule has 9 heteroatoms. The lowest BCUT2D eigenvalue weighted by molar-refractivity contribution is 0.384. The predicted molar refractivity (Wildman–Crippen MR) is 168 cm³/mol. The minimum Gasteiger partial charge on any atom is -0.368 e. The van der Waals surface area contributed by atoms with Crippen LogP contribution < -0.4 is 15.4 Å². The van der Waals surface area contributed by atoms with Crippen molar-refractivity contribution in [2.24, 2.45) is 0 Å². The molecule has 0 saturated carbocycles. The maximum absolute atomic E-state index is 13.9. The topological polar surface area (TPSA) is 78.8 Å². The second kappa shape index (κ2) is 11.8. The van der Waals surface area contributed by atoms with Gasteiger partial charge in [-0.2, -0.15) is 14.1 Å². The Morgan fingerprint density at radius 2 is 1.43 bits per heavy atom. The van der Waals surface area contributed by atoms with Crippen molar-refractivity contribution < 1.29 is 8.42 Å². The molecule has 1 fully saturated rings. The van der Waals surface area contributed by atoms with Gasteiger partial charge in [0.05, 0.1) is 22.5 Å². The van der Waals surface area contributed by atoms with E-state index in [9.17, 15) is 13.2 Å². The van der Waals surface area contributed by atoms with Crippen LogP contribution in [0.25, 0.3) is 16.5 Å². The van der Waals surface area contributed by atoms with E-state index in [2.05, 4.69) is 22.1 Å². The van der Waals surface area contributed by atoms with Crippen LogP contribution in [0.3, 0.4) is 0 Å². The molecule has 6 rings (SSSR count). The summed E-state index contributed by atoms with van der Waals surface area (Å²) in [5, 5.41) is 6.43. The van der Waals surface area contributed by atoms with Crippen LogP contribution in [0.1, 0.15) is 5.56 Å². The van der Waals surface area contributed by atoms with Crippen molar-refractivity contribution >= 4 is 32.2 Å². The second-order valence-corrected chi connectivity index (χ2v) is 12.4. The molecule has 1 saturated heterocycles. The van der Waals surface area contributed by atoms with Crippen molar-refractivity contribution in [3.05, 3.63) is 125 Å². The van der Waals surface area contributed by atoms with Crippen molar-refractivity contribution in [2.75, 3.05) is 49.6 Å². The molecule has 0 amide bonds. The number of hydrogen-bond acceptors (Lipinski definition) is 6. The van der Waals surface area contributed by atoms with E-state index >= 15 is 0 Å². The predicted octanol–water partition coefficient (Wildman–Crippen LogP) is 4.58. The molecule has 8 nitrogen and oxygen atoms in total. The summed E-state index contributed by atoms with van der Waals surface area (Å²) in [6.45, 7) is 2.15. The largest absolute Gasteiger partial charge is 0.368 e. The van der Waals surface area contributed by atoms with Crippen LogP contribution in [-0.2, 0) is 16.4 Å². The van der Waals surface area contributed by atoms with E-state index < -0.39 is 10.0 Å². The highest BCUT2D eigenvalue weighted by Crippen LogP contribution is 2.28. The Morgan fingerprint density at radius 3 is 2.14 bits per heavy atom. The van der Waals surface area contributed by atoms with Crippen LogP contribution in [0.15, 0.2) is 119 Å². The third-order valence-electron chi connectivity index (χ3n) is 7.83. The van der Waals surface area contributed by atoms with Gasteiger partial charge in [0.1, 0.15) is 5.69 Å². The van der Waals surface area contributed by atoms with Gasteiger partial charge in [-0.05, 0) is 47.0 Å². The molecule has 0 aliphatic carbocycles. The van der Waals surface area contributed by atoms with Gasteiger partial charge >= 0.3 is 0 Å². The normalized spacial score (nSPS) is 14.3. The van der Waals surface area contributed by atoms with Crippen LogP contribution >= 0.6 is 0 Å². The standard InChI is InChI=1S/C33H33N5O3S/c1-35(19-18-26-10-4-2-5-11-26)32-31(25-34-38(33(32)39)29-14-6-3-7-15-29)36-20-22-37(23-21-36)42(40,41)30-17-16-27-12-8-9-13-28(27)24-30/h2-17,24-25H,18-23H2,1H3. The van der Waals surface area contributed by atoms with Gasteiger partial charge in [0, 0.05) is 39.8 Å². The van der Waals surface area contributed by atoms with Crippen LogP contribution in [0.4, 0.5) is 11.4 Å². The lowest BCUT2D eigenvalue weighted by atomic mass is 10.1. The van der Waals surface area contributed by atoms with Gasteiger partial charge in [-0.15, -0.1) is 0 Å². The molecule has 0 spiro atoms. The first-order valence-electron chi connectivity index (χ1n) is 14.1. The molecular formula is C33H33N5O3S. The molecule has 0 bridgehead atoms. The first-order valence-corrected chi connectivity index (χ1v) is 15.5. The number of nitrogens with zero attached hydrogens (tertiary/aromatic N) is 5. The average Bonchev–Trinajstić information content (AvgIpc) is 3.04. The summed E-state index contributed by atoms with van der Waals surface area (Å²) in [5.41, 5.74) is 2.94. The lowest BCUT2D eigenvalue weighted by Gasteiger charge is -2.37. The summed E-state index contributed by atoms with van der Waals surface area (Å²) in [6.07, 6.45) is 2.51. The number of para-hydroxylation sites is 1. The van der Waals surface area contributed by atoms with Gasteiger partial charge in [-0.25, -0.2) is 8.42 Å². The van der Waals surface area contributed by atoms with Gasteiger partial charge in [-0.1, -0.05) is 78.9 Å². The van der Waals surface area contributed by atoms with Crippen LogP contribution in [0.5, 0.6) is 0 Å². The van der Waals surface area contributed by atoms with E-state index in [4.69, 9.17) is 0 Å². The number of aromatic nitrogens is 2. The van der Waals surface area contributed by atoms with Gasteiger partial charge in [0.15, 0.2) is 0 Å². The van der Waals surface area contributed by atoms with Crippen molar-refractivity contribution in [1.82, 2.24) is 14.1 Å². The fourth-order valence-corrected chi connectivity index (χ4v) is 6.94. The fraction of sp³-hybridized carbons (Fsp3) is 0.212. The SMILES string of the molecule is CN(CCc1ccccc1)c1c(N2CCN(S(=O)(=O)c3ccc4ccccc4c3)CC2)cnn(-c2ccccc2)c1=O. The first-order chi connectivity index (χ1) is 20.4. The Kier molecular flexibility index (Phi) is 7.78. The molecule has 0 N–H and O–H groups in total. The maximum atomic E-state index is 13.9. The molecule has 5 aromatic rings. The van der Waals surface area contributed by atoms with Crippen molar-refractivity contribution in [3.8, 4) is 5.69 Å². The van der Waals surface area contributed by atoms with Crippen LogP contribution in [0, 0.1) is 0 Å². The molecular weight excluding hydrogens is 546 g/mol. The minimum absolute atomic E-state index is 0.208. The zero-order valence-corrected chi connectivity index (χ0v) is 24.3. The Bertz CT molecular complexity index is 1850. The van der Waals surface area contributed by atoms with Crippen LogP contribution in [-0.4, -0.2) is 62.3 Å². The van der Waals surface area contributed by atoms with Crippen LogP contribution in [0.2, 0.25) is 0 Å². The van der Waals surface area contributed by atoms with E-state index in [1.807, 2.05) is 90.8 Å². The van der Waals surface area contributed by atoms with Gasteiger partial charge in [0.2, 0.25) is 10.0 Å². The second-order valence-electron chi connectivity index (χ2n) is 10.5. The lowest BCUT2D eigenvalue weighted by Crippen LogP contribution is -2.49. The Balaban J connectivity index is 1.27. The zero-order valence-electron chi connectivity index (χ0n) is 23.5. The first kappa shape index (κ1) is 27.7. The van der Waals surface area contributed by atoms with E-state index in [-0.39, 0.29) is 5.56 Å². The number of benzene rings is 4. The van der Waals surface area contributed by atoms with Gasteiger partial charge < -0.3 is 9.80 Å². The Morgan fingerprint density at radius 1 is 0.786 bits per heavy atom. The van der Waals surface area contributed by atoms with E-state index in [0.29, 0.717) is 54.7 Å². The smallest absolute Gasteiger partial charge is 0.297 e. The van der Waals surface area contributed by atoms with E-state index in [1.54, 1.807) is 18.3 Å². The van der Waals surface area contributed by atoms with Gasteiger partial charge in [-0.3, -0.25) is 4.79 Å². The third kappa shape index (κ3) is 5.53. The summed E-state index contributed by atoms with van der Waals surface area (Å²) in [6, 6.07) is 32.6. The highest BCUT2D eigenvalue weighted by Gasteiger charge is 2.31. The number of sulfonamides is 1. The molecule has 0 unspecified atom stereocenters. The van der Waals surface area contributed by atoms with E-state index in [0.717, 1.165) is 17.2 Å². The van der Waals surface area contributed by atoms with Crippen molar-refractivity contribution in [3.63, 3.8) is 0 Å². The summed E-state index contributed by atoms with van der Waals surface area (Å²) in [7, 11) is -1.73. The zero-order chi connectivity index (χ0) is 29.1. The molecule has 42 heavy (non-hydrogen) atoms. The summed E-state index contributed by atoms with van der Waals surface area (Å²) < 4.78 is 30.1. The molecule has 214 valence electrons. The molecule has 0 atom stereocenters. The minimum atomic E-state index is -3.66. The van der Waals surface area contributed by atoms with Gasteiger partial charge in [0.25, 0.3) is 5.56 Å². The van der Waals surface area contributed by atoms with E-state index in [1.165, 1.54) is 14.6 Å². The number of rotatable bonds is 8. The fourth-order valence-electron chi connectivity index (χ4n) is 5.48. The number of fused-ring (bicyclic) bond motifs is 1. The summed E-state index contributed by atoms with van der Waals surface area (Å²) in [5.74, 6) is 0. The molecule has 2 heterocycles. The van der Waals surface area contributed by atoms with Crippen molar-refractivity contribution in [1.29, 1.82) is 0 Å². The molecule has 1 aromatic heterocycles. The molecule has 0 radical (unpaired) electrons.